The molecule has 12 heavy (non-hydrogen) atoms. The van der Waals surface area contributed by atoms with E-state index in [-0.39, 0.29) is 0 Å². The van der Waals surface area contributed by atoms with Gasteiger partial charge in [-0.3, -0.25) is 0 Å². The Balaban J connectivity index is 2.03. The quantitative estimate of drug-likeness (QED) is 0.681. The average Bonchev–Trinajstić information content (AvgIpc) is 2.86. The number of rotatable bonds is 1. The van der Waals surface area contributed by atoms with Gasteiger partial charge in [-0.1, -0.05) is 0 Å². The molecule has 3 rings (SSSR count). The SMILES string of the molecule is c1nc2c(n1C1CC1)NCCC2. The van der Waals surface area contributed by atoms with E-state index in [0.29, 0.717) is 0 Å². The van der Waals surface area contributed by atoms with Gasteiger partial charge >= 0.3 is 0 Å². The Morgan fingerprint density at radius 2 is 2.42 bits per heavy atom. The molecule has 0 aromatic carbocycles. The van der Waals surface area contributed by atoms with Gasteiger partial charge in [0.1, 0.15) is 5.82 Å². The van der Waals surface area contributed by atoms with E-state index in [9.17, 15) is 0 Å². The van der Waals surface area contributed by atoms with Gasteiger partial charge in [0.05, 0.1) is 12.0 Å². The van der Waals surface area contributed by atoms with Crippen molar-refractivity contribution in [2.75, 3.05) is 11.9 Å². The lowest BCUT2D eigenvalue weighted by Gasteiger charge is -2.15. The van der Waals surface area contributed by atoms with Gasteiger partial charge in [-0.25, -0.2) is 4.98 Å². The molecule has 2 heterocycles. The first-order chi connectivity index (χ1) is 5.95. The van der Waals surface area contributed by atoms with Crippen molar-refractivity contribution in [2.45, 2.75) is 31.7 Å². The third-order valence-corrected chi connectivity index (χ3v) is 2.69. The van der Waals surface area contributed by atoms with Crippen molar-refractivity contribution in [3.05, 3.63) is 12.0 Å². The standard InChI is InChI=1S/C9H13N3/c1-2-8-9(10-5-1)12(6-11-8)7-3-4-7/h6-7,10H,1-5H2. The highest BCUT2D eigenvalue weighted by Gasteiger charge is 2.27. The van der Waals surface area contributed by atoms with Gasteiger partial charge < -0.3 is 9.88 Å². The first kappa shape index (κ1) is 6.52. The molecule has 0 bridgehead atoms. The zero-order valence-electron chi connectivity index (χ0n) is 7.08. The molecule has 64 valence electrons. The van der Waals surface area contributed by atoms with E-state index in [1.165, 1.54) is 30.8 Å². The van der Waals surface area contributed by atoms with E-state index in [0.717, 1.165) is 19.0 Å². The molecule has 0 atom stereocenters. The summed E-state index contributed by atoms with van der Waals surface area (Å²) in [6.07, 6.45) is 7.06. The molecule has 1 saturated carbocycles. The zero-order chi connectivity index (χ0) is 7.97. The largest absolute Gasteiger partial charge is 0.370 e. The maximum atomic E-state index is 4.42. The fourth-order valence-electron chi connectivity index (χ4n) is 1.87. The van der Waals surface area contributed by atoms with E-state index in [1.807, 2.05) is 6.33 Å². The lowest BCUT2D eigenvalue weighted by Crippen LogP contribution is -2.14. The maximum absolute atomic E-state index is 4.42. The maximum Gasteiger partial charge on any atom is 0.129 e. The number of fused-ring (bicyclic) bond motifs is 1. The Kier molecular flexibility index (Phi) is 1.22. The molecule has 3 nitrogen and oxygen atoms in total. The summed E-state index contributed by atoms with van der Waals surface area (Å²) in [6, 6.07) is 0.756. The molecule has 1 fully saturated rings. The number of nitrogens with zero attached hydrogens (tertiary/aromatic N) is 2. The summed E-state index contributed by atoms with van der Waals surface area (Å²) in [5.74, 6) is 1.30. The van der Waals surface area contributed by atoms with E-state index in [4.69, 9.17) is 0 Å². The van der Waals surface area contributed by atoms with Crippen LogP contribution in [0.2, 0.25) is 0 Å². The van der Waals surface area contributed by atoms with Crippen LogP contribution in [0.1, 0.15) is 31.0 Å². The number of hydrogen-bond acceptors (Lipinski definition) is 2. The van der Waals surface area contributed by atoms with Crippen LogP contribution in [-0.4, -0.2) is 16.1 Å². The summed E-state index contributed by atoms with van der Waals surface area (Å²) in [5.41, 5.74) is 1.27. The fourth-order valence-corrected chi connectivity index (χ4v) is 1.87. The Morgan fingerprint density at radius 3 is 3.25 bits per heavy atom. The van der Waals surface area contributed by atoms with Crippen LogP contribution >= 0.6 is 0 Å². The molecule has 0 saturated heterocycles. The van der Waals surface area contributed by atoms with E-state index in [2.05, 4.69) is 14.9 Å². The summed E-state index contributed by atoms with van der Waals surface area (Å²) in [6.45, 7) is 1.12. The third-order valence-electron chi connectivity index (χ3n) is 2.69. The van der Waals surface area contributed by atoms with Gasteiger partial charge in [-0.05, 0) is 25.7 Å². The topological polar surface area (TPSA) is 29.9 Å². The van der Waals surface area contributed by atoms with Gasteiger partial charge in [0.25, 0.3) is 0 Å². The predicted octanol–water partition coefficient (Wildman–Crippen LogP) is 1.58. The molecular formula is C9H13N3. The summed E-state index contributed by atoms with van der Waals surface area (Å²) < 4.78 is 2.31. The molecule has 0 spiro atoms. The monoisotopic (exact) mass is 163 g/mol. The smallest absolute Gasteiger partial charge is 0.129 e. The minimum Gasteiger partial charge on any atom is -0.370 e. The summed E-state index contributed by atoms with van der Waals surface area (Å²) in [4.78, 5) is 4.42. The average molecular weight is 163 g/mol. The predicted molar refractivity (Wildman–Crippen MR) is 47.3 cm³/mol. The van der Waals surface area contributed by atoms with Gasteiger partial charge in [0, 0.05) is 12.6 Å². The Labute approximate surface area is 71.8 Å². The van der Waals surface area contributed by atoms with Gasteiger partial charge in [0.15, 0.2) is 0 Å². The lowest BCUT2D eigenvalue weighted by atomic mass is 10.2. The second kappa shape index (κ2) is 2.25. The molecular weight excluding hydrogens is 150 g/mol. The Morgan fingerprint density at radius 1 is 1.50 bits per heavy atom. The highest BCUT2D eigenvalue weighted by molar-refractivity contribution is 5.44. The van der Waals surface area contributed by atoms with Crippen LogP contribution in [-0.2, 0) is 6.42 Å². The van der Waals surface area contributed by atoms with Crippen molar-refractivity contribution >= 4 is 5.82 Å². The number of anilines is 1. The summed E-state index contributed by atoms with van der Waals surface area (Å²) in [7, 11) is 0. The van der Waals surface area contributed by atoms with Crippen LogP contribution in [0.15, 0.2) is 6.33 Å². The van der Waals surface area contributed by atoms with Crippen LogP contribution in [0, 0.1) is 0 Å². The Bertz CT molecular complexity index is 299. The number of aromatic nitrogens is 2. The minimum absolute atomic E-state index is 0.756. The summed E-state index contributed by atoms with van der Waals surface area (Å²) >= 11 is 0. The number of hydrogen-bond donors (Lipinski definition) is 1. The third kappa shape index (κ3) is 0.854. The Hall–Kier alpha value is -0.990. The van der Waals surface area contributed by atoms with E-state index < -0.39 is 0 Å². The van der Waals surface area contributed by atoms with Crippen molar-refractivity contribution < 1.29 is 0 Å². The van der Waals surface area contributed by atoms with Crippen molar-refractivity contribution in [1.82, 2.24) is 9.55 Å². The molecule has 1 aromatic heterocycles. The van der Waals surface area contributed by atoms with Gasteiger partial charge in [-0.2, -0.15) is 0 Å². The van der Waals surface area contributed by atoms with Crippen LogP contribution in [0.25, 0.3) is 0 Å². The van der Waals surface area contributed by atoms with Crippen molar-refractivity contribution in [1.29, 1.82) is 0 Å². The van der Waals surface area contributed by atoms with Crippen LogP contribution in [0.5, 0.6) is 0 Å². The van der Waals surface area contributed by atoms with Crippen LogP contribution < -0.4 is 5.32 Å². The normalized spacial score (nSPS) is 21.7. The fraction of sp³-hybridized carbons (Fsp3) is 0.667. The van der Waals surface area contributed by atoms with E-state index in [1.54, 1.807) is 0 Å². The molecule has 0 amide bonds. The molecule has 1 aliphatic carbocycles. The minimum atomic E-state index is 0.756. The van der Waals surface area contributed by atoms with Crippen molar-refractivity contribution in [2.24, 2.45) is 0 Å². The van der Waals surface area contributed by atoms with Gasteiger partial charge in [-0.15, -0.1) is 0 Å². The number of imidazole rings is 1. The molecule has 3 heteroatoms. The van der Waals surface area contributed by atoms with Crippen LogP contribution in [0.4, 0.5) is 5.82 Å². The van der Waals surface area contributed by atoms with Crippen LogP contribution in [0.3, 0.4) is 0 Å². The van der Waals surface area contributed by atoms with Crippen molar-refractivity contribution in [3.63, 3.8) is 0 Å². The zero-order valence-corrected chi connectivity index (χ0v) is 7.08. The first-order valence-electron chi connectivity index (χ1n) is 4.75. The lowest BCUT2D eigenvalue weighted by molar-refractivity contribution is 0.726. The van der Waals surface area contributed by atoms with Gasteiger partial charge in [0.2, 0.25) is 0 Å². The molecule has 1 aliphatic heterocycles. The first-order valence-corrected chi connectivity index (χ1v) is 4.75. The molecule has 2 aliphatic rings. The number of nitrogens with one attached hydrogen (secondary N) is 1. The number of aryl methyl sites for hydroxylation is 1. The molecule has 1 N–H and O–H groups in total. The molecule has 0 unspecified atom stereocenters. The second-order valence-corrected chi connectivity index (χ2v) is 3.71. The van der Waals surface area contributed by atoms with E-state index >= 15 is 0 Å². The highest BCUT2D eigenvalue weighted by atomic mass is 15.2. The van der Waals surface area contributed by atoms with Crippen molar-refractivity contribution in [3.8, 4) is 0 Å². The summed E-state index contributed by atoms with van der Waals surface area (Å²) in [5, 5.41) is 3.43. The molecule has 1 aromatic rings. The molecule has 0 radical (unpaired) electrons. The highest BCUT2D eigenvalue weighted by Crippen LogP contribution is 2.38. The second-order valence-electron chi connectivity index (χ2n) is 3.71.